The molecule has 0 fully saturated rings. The summed E-state index contributed by atoms with van der Waals surface area (Å²) in [4.78, 5) is 53.3. The predicted molar refractivity (Wildman–Crippen MR) is 162 cm³/mol. The summed E-state index contributed by atoms with van der Waals surface area (Å²) in [6, 6.07) is 9.21. The van der Waals surface area contributed by atoms with Crippen LogP contribution in [0, 0.1) is 0 Å². The van der Waals surface area contributed by atoms with E-state index in [0.29, 0.717) is 23.7 Å². The molecule has 2 aromatic carbocycles. The number of benzene rings is 2. The number of aryl methyl sites for hydroxylation is 1. The zero-order valence-electron chi connectivity index (χ0n) is 24.8. The van der Waals surface area contributed by atoms with Gasteiger partial charge in [-0.15, -0.1) is 5.10 Å². The Morgan fingerprint density at radius 1 is 0.956 bits per heavy atom. The predicted octanol–water partition coefficient (Wildman–Crippen LogP) is 0.103. The number of carbonyl (C=O) groups excluding carboxylic acids is 4. The fraction of sp³-hybridized carbons (Fsp3) is 0.400. The van der Waals surface area contributed by atoms with Crippen LogP contribution in [0.25, 0.3) is 0 Å². The number of fused-ring (bicyclic) bond motifs is 3. The number of aliphatic hydroxyl groups is 2. The molecule has 4 rings (SSSR count). The van der Waals surface area contributed by atoms with Crippen molar-refractivity contribution in [3.63, 3.8) is 0 Å². The molecule has 0 saturated carbocycles. The number of aliphatic hydroxyl groups excluding tert-OH is 2. The van der Waals surface area contributed by atoms with E-state index in [-0.39, 0.29) is 30.9 Å². The molecule has 0 aliphatic carbocycles. The quantitative estimate of drug-likeness (QED) is 0.229. The summed E-state index contributed by atoms with van der Waals surface area (Å²) in [6.07, 6.45) is -0.544. The van der Waals surface area contributed by atoms with Crippen molar-refractivity contribution in [3.8, 4) is 5.75 Å². The average molecular weight is 642 g/mol. The van der Waals surface area contributed by atoms with Gasteiger partial charge in [-0.05, 0) is 37.6 Å². The Labute approximate surface area is 264 Å². The van der Waals surface area contributed by atoms with Crippen LogP contribution in [0.1, 0.15) is 41.9 Å². The Hall–Kier alpha value is -4.53. The van der Waals surface area contributed by atoms with Crippen molar-refractivity contribution >= 4 is 35.2 Å². The van der Waals surface area contributed by atoms with Crippen molar-refractivity contribution in [1.29, 1.82) is 0 Å². The van der Waals surface area contributed by atoms with E-state index in [9.17, 15) is 29.4 Å². The molecule has 0 unspecified atom stereocenters. The van der Waals surface area contributed by atoms with Crippen molar-refractivity contribution in [3.05, 3.63) is 76.6 Å². The molecule has 45 heavy (non-hydrogen) atoms. The minimum atomic E-state index is -1.54. The third-order valence-electron chi connectivity index (χ3n) is 7.04. The summed E-state index contributed by atoms with van der Waals surface area (Å²) in [7, 11) is 0. The molecule has 0 spiro atoms. The van der Waals surface area contributed by atoms with Crippen LogP contribution in [-0.2, 0) is 33.9 Å². The van der Waals surface area contributed by atoms with Crippen molar-refractivity contribution in [2.75, 3.05) is 6.61 Å². The first-order valence-electron chi connectivity index (χ1n) is 14.4. The second-order valence-electron chi connectivity index (χ2n) is 10.7. The molecular formula is C30H36ClN7O7. The first-order valence-corrected chi connectivity index (χ1v) is 14.8. The average Bonchev–Trinajstić information content (AvgIpc) is 3.46. The number of amides is 4. The lowest BCUT2D eigenvalue weighted by Gasteiger charge is -2.27. The van der Waals surface area contributed by atoms with Crippen LogP contribution in [0.2, 0.25) is 5.02 Å². The van der Waals surface area contributed by atoms with Gasteiger partial charge in [-0.25, -0.2) is 0 Å². The van der Waals surface area contributed by atoms with E-state index in [0.717, 1.165) is 5.56 Å². The molecule has 3 aromatic rings. The number of nitrogens with one attached hydrogen (secondary N) is 4. The van der Waals surface area contributed by atoms with E-state index in [1.807, 2.05) is 6.07 Å². The molecule has 0 saturated heterocycles. The van der Waals surface area contributed by atoms with Crippen LogP contribution >= 0.6 is 11.6 Å². The maximum absolute atomic E-state index is 13.4. The summed E-state index contributed by atoms with van der Waals surface area (Å²) >= 11 is 6.14. The third kappa shape index (κ3) is 9.23. The molecule has 14 nitrogen and oxygen atoms in total. The maximum atomic E-state index is 13.4. The Balaban J connectivity index is 1.64. The van der Waals surface area contributed by atoms with Crippen LogP contribution in [0.15, 0.2) is 54.7 Å². The molecule has 15 heteroatoms. The van der Waals surface area contributed by atoms with Crippen molar-refractivity contribution in [1.82, 2.24) is 36.3 Å². The van der Waals surface area contributed by atoms with Gasteiger partial charge in [-0.3, -0.25) is 23.9 Å². The van der Waals surface area contributed by atoms with Gasteiger partial charge in [-0.2, -0.15) is 0 Å². The Morgan fingerprint density at radius 2 is 1.64 bits per heavy atom. The Morgan fingerprint density at radius 3 is 2.36 bits per heavy atom. The molecule has 240 valence electrons. The van der Waals surface area contributed by atoms with Crippen LogP contribution in [0.3, 0.4) is 0 Å². The number of halogens is 1. The highest BCUT2D eigenvalue weighted by atomic mass is 35.5. The van der Waals surface area contributed by atoms with Gasteiger partial charge in [0.05, 0.1) is 37.1 Å². The molecule has 0 radical (unpaired) electrons. The van der Waals surface area contributed by atoms with E-state index < -0.39 is 54.0 Å². The number of ether oxygens (including phenoxy) is 1. The minimum Gasteiger partial charge on any atom is -0.493 e. The fourth-order valence-electron chi connectivity index (χ4n) is 4.63. The first kappa shape index (κ1) is 33.4. The van der Waals surface area contributed by atoms with Crippen molar-refractivity contribution in [2.24, 2.45) is 0 Å². The van der Waals surface area contributed by atoms with Gasteiger partial charge in [0, 0.05) is 24.4 Å². The van der Waals surface area contributed by atoms with E-state index in [1.165, 1.54) is 32.0 Å². The highest BCUT2D eigenvalue weighted by Gasteiger charge is 2.34. The van der Waals surface area contributed by atoms with Crippen LogP contribution < -0.4 is 26.0 Å². The number of aromatic nitrogens is 3. The second kappa shape index (κ2) is 15.5. The molecule has 4 amide bonds. The Bertz CT molecular complexity index is 1500. The van der Waals surface area contributed by atoms with E-state index in [1.54, 1.807) is 35.1 Å². The zero-order chi connectivity index (χ0) is 32.5. The normalized spacial score (nSPS) is 21.8. The standard InChI is InChI=1S/C30H36ClN7O7/c1-17(39)25-29(43)33-23(13-19-7-4-3-5-8-19)28(42)32-15-21-16-38(37-36-21)11-6-12-45-24-14-20(31)9-10-22(24)27(41)34-26(18(2)40)30(44)35-25/h3-5,7-10,14,16-18,23,25-26,39-40H,6,11-13,15H2,1-2H3,(H,32,42)(H,33,43)(H,34,41)(H,35,44)/t17-,18-,23-,25+,26+/m1/s1. The molecule has 6 N–H and O–H groups in total. The lowest BCUT2D eigenvalue weighted by atomic mass is 10.0. The van der Waals surface area contributed by atoms with E-state index in [2.05, 4.69) is 31.6 Å². The first-order chi connectivity index (χ1) is 21.5. The van der Waals surface area contributed by atoms with E-state index in [4.69, 9.17) is 16.3 Å². The molecule has 5 atom stereocenters. The van der Waals surface area contributed by atoms with Gasteiger partial charge < -0.3 is 36.2 Å². The largest absolute Gasteiger partial charge is 0.493 e. The van der Waals surface area contributed by atoms with Gasteiger partial charge in [-0.1, -0.05) is 47.1 Å². The second-order valence-corrected chi connectivity index (χ2v) is 11.1. The Kier molecular flexibility index (Phi) is 11.5. The van der Waals surface area contributed by atoms with E-state index >= 15 is 0 Å². The number of rotatable bonds is 4. The van der Waals surface area contributed by atoms with Crippen molar-refractivity contribution in [2.45, 2.75) is 70.1 Å². The number of carbonyl (C=O) groups is 4. The number of hydrogen-bond donors (Lipinski definition) is 6. The van der Waals surface area contributed by atoms with Gasteiger partial charge in [0.15, 0.2) is 0 Å². The summed E-state index contributed by atoms with van der Waals surface area (Å²) < 4.78 is 7.42. The van der Waals surface area contributed by atoms with Crippen LogP contribution in [0.4, 0.5) is 0 Å². The molecule has 2 heterocycles. The summed E-state index contributed by atoms with van der Waals surface area (Å²) in [5.41, 5.74) is 1.30. The van der Waals surface area contributed by atoms with Gasteiger partial charge in [0.1, 0.15) is 29.6 Å². The van der Waals surface area contributed by atoms with Crippen LogP contribution in [0.5, 0.6) is 5.75 Å². The van der Waals surface area contributed by atoms with Gasteiger partial charge in [0.25, 0.3) is 5.91 Å². The van der Waals surface area contributed by atoms with Crippen molar-refractivity contribution < 1.29 is 34.1 Å². The summed E-state index contributed by atoms with van der Waals surface area (Å²) in [6.45, 7) is 3.20. The third-order valence-corrected chi connectivity index (χ3v) is 7.27. The summed E-state index contributed by atoms with van der Waals surface area (Å²) in [5.74, 6) is -2.90. The highest BCUT2D eigenvalue weighted by molar-refractivity contribution is 6.30. The summed E-state index contributed by atoms with van der Waals surface area (Å²) in [5, 5.41) is 39.6. The molecule has 2 bridgehead atoms. The van der Waals surface area contributed by atoms with Gasteiger partial charge in [0.2, 0.25) is 17.7 Å². The lowest BCUT2D eigenvalue weighted by molar-refractivity contribution is -0.135. The highest BCUT2D eigenvalue weighted by Crippen LogP contribution is 2.24. The smallest absolute Gasteiger partial charge is 0.255 e. The topological polar surface area (TPSA) is 197 Å². The SMILES string of the molecule is C[C@@H](O)[C@@H]1NC(=O)c2ccc(Cl)cc2OCCCn2cc(nn2)CNC(=O)[C@@H](Cc2ccccc2)NC(=O)[C@H]([C@@H](C)O)NC1=O. The fourth-order valence-corrected chi connectivity index (χ4v) is 4.80. The van der Waals surface area contributed by atoms with Gasteiger partial charge >= 0.3 is 0 Å². The molecule has 1 aliphatic heterocycles. The molecule has 1 aliphatic rings. The lowest BCUT2D eigenvalue weighted by Crippen LogP contribution is -2.61. The molecular weight excluding hydrogens is 606 g/mol. The maximum Gasteiger partial charge on any atom is 0.255 e. The number of nitrogens with zero attached hydrogens (tertiary/aromatic N) is 3. The monoisotopic (exact) mass is 641 g/mol. The number of hydrogen-bond acceptors (Lipinski definition) is 9. The van der Waals surface area contributed by atoms with Crippen LogP contribution in [-0.4, -0.2) is 85.8 Å². The minimum absolute atomic E-state index is 0.0305. The zero-order valence-corrected chi connectivity index (χ0v) is 25.5. The molecule has 1 aromatic heterocycles.